The van der Waals surface area contributed by atoms with E-state index in [2.05, 4.69) is 23.3 Å². The predicted molar refractivity (Wildman–Crippen MR) is 117 cm³/mol. The molecule has 0 spiro atoms. The molecule has 1 N–H and O–H groups in total. The van der Waals surface area contributed by atoms with Crippen LogP contribution in [0.5, 0.6) is 0 Å². The van der Waals surface area contributed by atoms with E-state index in [1.54, 1.807) is 23.7 Å². The van der Waals surface area contributed by atoms with Crippen molar-refractivity contribution in [2.75, 3.05) is 5.32 Å². The Bertz CT molecular complexity index is 1340. The van der Waals surface area contributed by atoms with Gasteiger partial charge >= 0.3 is 5.63 Å². The van der Waals surface area contributed by atoms with E-state index in [1.165, 1.54) is 22.5 Å². The Balaban J connectivity index is 1.65. The predicted octanol–water partition coefficient (Wildman–Crippen LogP) is 5.51. The van der Waals surface area contributed by atoms with Crippen LogP contribution in [-0.4, -0.2) is 4.98 Å². The molecule has 0 radical (unpaired) electrons. The van der Waals surface area contributed by atoms with Gasteiger partial charge in [-0.1, -0.05) is 24.3 Å². The molecule has 0 saturated heterocycles. The van der Waals surface area contributed by atoms with Crippen LogP contribution in [0.15, 0.2) is 69.3 Å². The van der Waals surface area contributed by atoms with E-state index in [9.17, 15) is 10.1 Å². The standard InChI is InChI=1S/C23H17N3O2S/c1-14-7-8-18(9-15(14)2)25-12-17(11-24)22-26-20(13-29-22)19-10-16-5-3-4-6-21(16)28-23(19)27/h3-10,12-13,25H,1-2H3/b17-12+. The summed E-state index contributed by atoms with van der Waals surface area (Å²) < 4.78 is 5.39. The average molecular weight is 399 g/mol. The first kappa shape index (κ1) is 18.7. The van der Waals surface area contributed by atoms with E-state index in [1.807, 2.05) is 43.3 Å². The third-order valence-electron chi connectivity index (χ3n) is 4.66. The summed E-state index contributed by atoms with van der Waals surface area (Å²) in [5.41, 5.74) is 4.63. The summed E-state index contributed by atoms with van der Waals surface area (Å²) in [6, 6.07) is 17.3. The molecular weight excluding hydrogens is 382 g/mol. The van der Waals surface area contributed by atoms with E-state index < -0.39 is 5.63 Å². The highest BCUT2D eigenvalue weighted by Crippen LogP contribution is 2.26. The molecule has 4 aromatic rings. The Morgan fingerprint density at radius 1 is 1.17 bits per heavy atom. The lowest BCUT2D eigenvalue weighted by atomic mass is 10.1. The third kappa shape index (κ3) is 3.82. The van der Waals surface area contributed by atoms with E-state index in [4.69, 9.17) is 4.42 Å². The van der Waals surface area contributed by atoms with Crippen LogP contribution < -0.4 is 10.9 Å². The van der Waals surface area contributed by atoms with Crippen LogP contribution in [0.3, 0.4) is 0 Å². The second kappa shape index (κ2) is 7.74. The number of para-hydroxylation sites is 1. The van der Waals surface area contributed by atoms with Crippen LogP contribution in [0.4, 0.5) is 5.69 Å². The van der Waals surface area contributed by atoms with Gasteiger partial charge in [-0.05, 0) is 49.2 Å². The third-order valence-corrected chi connectivity index (χ3v) is 5.54. The van der Waals surface area contributed by atoms with Crippen molar-refractivity contribution in [1.82, 2.24) is 4.98 Å². The Hall–Kier alpha value is -3.69. The Kier molecular flexibility index (Phi) is 4.98. The number of rotatable bonds is 4. The van der Waals surface area contributed by atoms with E-state index in [0.717, 1.165) is 11.1 Å². The molecule has 0 unspecified atom stereocenters. The lowest BCUT2D eigenvalue weighted by Crippen LogP contribution is -2.02. The number of nitriles is 1. The molecule has 142 valence electrons. The van der Waals surface area contributed by atoms with Crippen molar-refractivity contribution in [3.05, 3.63) is 86.7 Å². The highest BCUT2D eigenvalue weighted by Gasteiger charge is 2.13. The molecule has 2 aromatic carbocycles. The summed E-state index contributed by atoms with van der Waals surface area (Å²) in [5.74, 6) is 0. The second-order valence-electron chi connectivity index (χ2n) is 6.64. The number of allylic oxidation sites excluding steroid dienone is 1. The van der Waals surface area contributed by atoms with Gasteiger partial charge in [-0.15, -0.1) is 11.3 Å². The Morgan fingerprint density at radius 2 is 2.00 bits per heavy atom. The fraction of sp³-hybridized carbons (Fsp3) is 0.0870. The molecule has 0 aliphatic rings. The molecule has 0 aliphatic carbocycles. The molecule has 4 rings (SSSR count). The first-order valence-electron chi connectivity index (χ1n) is 8.98. The number of anilines is 1. The lowest BCUT2D eigenvalue weighted by Gasteiger charge is -2.05. The van der Waals surface area contributed by atoms with Gasteiger partial charge in [0.2, 0.25) is 0 Å². The van der Waals surface area contributed by atoms with Gasteiger partial charge in [0.15, 0.2) is 0 Å². The van der Waals surface area contributed by atoms with Gasteiger partial charge in [-0.3, -0.25) is 0 Å². The van der Waals surface area contributed by atoms with Gasteiger partial charge < -0.3 is 9.73 Å². The Labute approximate surface area is 171 Å². The number of nitrogens with one attached hydrogen (secondary N) is 1. The number of hydrogen-bond donors (Lipinski definition) is 1. The highest BCUT2D eigenvalue weighted by atomic mass is 32.1. The fourth-order valence-corrected chi connectivity index (χ4v) is 3.68. The summed E-state index contributed by atoms with van der Waals surface area (Å²) >= 11 is 1.31. The minimum absolute atomic E-state index is 0.380. The minimum Gasteiger partial charge on any atom is -0.422 e. The van der Waals surface area contributed by atoms with Crippen LogP contribution >= 0.6 is 11.3 Å². The summed E-state index contributed by atoms with van der Waals surface area (Å²) in [7, 11) is 0. The SMILES string of the molecule is Cc1ccc(N/C=C(\C#N)c2nc(-c3cc4ccccc4oc3=O)cs2)cc1C. The zero-order valence-corrected chi connectivity index (χ0v) is 16.7. The molecule has 0 bridgehead atoms. The summed E-state index contributed by atoms with van der Waals surface area (Å²) in [4.78, 5) is 16.8. The zero-order valence-electron chi connectivity index (χ0n) is 15.9. The number of hydrogen-bond acceptors (Lipinski definition) is 6. The zero-order chi connectivity index (χ0) is 20.4. The highest BCUT2D eigenvalue weighted by molar-refractivity contribution is 7.11. The summed E-state index contributed by atoms with van der Waals surface area (Å²) in [5, 5.41) is 15.8. The minimum atomic E-state index is -0.448. The van der Waals surface area contributed by atoms with Crippen LogP contribution in [-0.2, 0) is 0 Å². The van der Waals surface area contributed by atoms with Crippen molar-refractivity contribution in [3.63, 3.8) is 0 Å². The number of aromatic nitrogens is 1. The van der Waals surface area contributed by atoms with Gasteiger partial charge in [0.1, 0.15) is 22.2 Å². The first-order valence-corrected chi connectivity index (χ1v) is 9.86. The van der Waals surface area contributed by atoms with Crippen LogP contribution in [0.1, 0.15) is 16.1 Å². The summed E-state index contributed by atoms with van der Waals surface area (Å²) in [6.07, 6.45) is 1.63. The molecule has 2 heterocycles. The molecule has 0 atom stereocenters. The topological polar surface area (TPSA) is 78.9 Å². The average Bonchev–Trinajstić information content (AvgIpc) is 3.20. The maximum atomic E-state index is 12.4. The van der Waals surface area contributed by atoms with Gasteiger partial charge in [0.05, 0.1) is 11.3 Å². The molecule has 0 fully saturated rings. The van der Waals surface area contributed by atoms with E-state index in [0.29, 0.717) is 27.4 Å². The maximum absolute atomic E-state index is 12.4. The molecular formula is C23H17N3O2S. The van der Waals surface area contributed by atoms with Crippen molar-refractivity contribution in [2.45, 2.75) is 13.8 Å². The number of thiazole rings is 1. The molecule has 6 heteroatoms. The Morgan fingerprint density at radius 3 is 2.79 bits per heavy atom. The lowest BCUT2D eigenvalue weighted by molar-refractivity contribution is 0.563. The van der Waals surface area contributed by atoms with E-state index >= 15 is 0 Å². The van der Waals surface area contributed by atoms with E-state index in [-0.39, 0.29) is 0 Å². The summed E-state index contributed by atoms with van der Waals surface area (Å²) in [6.45, 7) is 4.09. The number of aryl methyl sites for hydroxylation is 2. The molecule has 0 aliphatic heterocycles. The first-order chi connectivity index (χ1) is 14.0. The molecule has 2 aromatic heterocycles. The fourth-order valence-electron chi connectivity index (χ4n) is 2.89. The number of fused-ring (bicyclic) bond motifs is 1. The maximum Gasteiger partial charge on any atom is 0.345 e. The van der Waals surface area contributed by atoms with Crippen molar-refractivity contribution >= 4 is 33.6 Å². The smallest absolute Gasteiger partial charge is 0.345 e. The van der Waals surface area contributed by atoms with Crippen molar-refractivity contribution < 1.29 is 4.42 Å². The monoisotopic (exact) mass is 399 g/mol. The van der Waals surface area contributed by atoms with Crippen molar-refractivity contribution in [1.29, 1.82) is 5.26 Å². The number of nitrogens with zero attached hydrogens (tertiary/aromatic N) is 2. The molecule has 5 nitrogen and oxygen atoms in total. The molecule has 0 amide bonds. The second-order valence-corrected chi connectivity index (χ2v) is 7.49. The van der Waals surface area contributed by atoms with Crippen molar-refractivity contribution in [2.24, 2.45) is 0 Å². The molecule has 29 heavy (non-hydrogen) atoms. The van der Waals surface area contributed by atoms with Crippen LogP contribution in [0.25, 0.3) is 27.8 Å². The quantitative estimate of drug-likeness (QED) is 0.362. The van der Waals surface area contributed by atoms with Gasteiger partial charge in [-0.2, -0.15) is 5.26 Å². The van der Waals surface area contributed by atoms with Gasteiger partial charge in [-0.25, -0.2) is 9.78 Å². The van der Waals surface area contributed by atoms with Crippen LogP contribution in [0.2, 0.25) is 0 Å². The van der Waals surface area contributed by atoms with Crippen LogP contribution in [0, 0.1) is 25.2 Å². The number of benzene rings is 2. The molecule has 0 saturated carbocycles. The largest absolute Gasteiger partial charge is 0.422 e. The normalized spacial score (nSPS) is 11.4. The van der Waals surface area contributed by atoms with Crippen molar-refractivity contribution in [3.8, 4) is 17.3 Å². The van der Waals surface area contributed by atoms with Gasteiger partial charge in [0, 0.05) is 22.7 Å². The van der Waals surface area contributed by atoms with Gasteiger partial charge in [0.25, 0.3) is 0 Å².